The number of aromatic nitrogens is 1. The molecule has 0 radical (unpaired) electrons. The van der Waals surface area contributed by atoms with Crippen LogP contribution in [0.2, 0.25) is 0 Å². The van der Waals surface area contributed by atoms with Crippen LogP contribution < -0.4 is 5.73 Å². The minimum absolute atomic E-state index is 0.0832. The normalized spacial score (nSPS) is 12.1. The average molecular weight is 336 g/mol. The van der Waals surface area contributed by atoms with Gasteiger partial charge < -0.3 is 5.73 Å². The van der Waals surface area contributed by atoms with E-state index in [-0.39, 0.29) is 11.8 Å². The molecule has 3 N–H and O–H groups in total. The summed E-state index contributed by atoms with van der Waals surface area (Å²) in [6.45, 7) is 0. The molecule has 0 spiro atoms. The van der Waals surface area contributed by atoms with E-state index < -0.39 is 0 Å². The molecule has 2 aromatic rings. The third kappa shape index (κ3) is 3.81. The second-order valence-electron chi connectivity index (χ2n) is 4.02. The predicted octanol–water partition coefficient (Wildman–Crippen LogP) is 3.66. The van der Waals surface area contributed by atoms with Gasteiger partial charge in [0.15, 0.2) is 0 Å². The lowest BCUT2D eigenvalue weighted by Gasteiger charge is -2.15. The van der Waals surface area contributed by atoms with Gasteiger partial charge in [-0.15, -0.1) is 11.8 Å². The molecule has 0 aliphatic carbocycles. The smallest absolute Gasteiger partial charge is 0.110 e. The summed E-state index contributed by atoms with van der Waals surface area (Å²) in [4.78, 5) is 4.31. The van der Waals surface area contributed by atoms with E-state index in [1.54, 1.807) is 18.0 Å². The maximum absolute atomic E-state index is 7.74. The maximum atomic E-state index is 7.74. The van der Waals surface area contributed by atoms with E-state index in [4.69, 9.17) is 11.1 Å². The lowest BCUT2D eigenvalue weighted by molar-refractivity contribution is 0.998. The minimum atomic E-state index is -0.0832. The molecule has 5 heteroatoms. The predicted molar refractivity (Wildman–Crippen MR) is 83.8 cm³/mol. The number of nitrogens with one attached hydrogen (secondary N) is 1. The first kappa shape index (κ1) is 14.1. The van der Waals surface area contributed by atoms with Gasteiger partial charge in [-0.1, -0.05) is 30.3 Å². The second kappa shape index (κ2) is 6.73. The Morgan fingerprint density at radius 3 is 2.63 bits per heavy atom. The Labute approximate surface area is 125 Å². The number of nitrogens with two attached hydrogens (primary N) is 1. The molecule has 98 valence electrons. The highest BCUT2D eigenvalue weighted by atomic mass is 79.9. The van der Waals surface area contributed by atoms with Crippen molar-refractivity contribution in [1.29, 1.82) is 5.41 Å². The third-order valence-corrected chi connectivity index (χ3v) is 4.69. The topological polar surface area (TPSA) is 62.8 Å². The van der Waals surface area contributed by atoms with Gasteiger partial charge >= 0.3 is 0 Å². The number of rotatable bonds is 5. The van der Waals surface area contributed by atoms with Gasteiger partial charge in [-0.2, -0.15) is 0 Å². The van der Waals surface area contributed by atoms with Crippen LogP contribution in [0.1, 0.15) is 11.5 Å². The zero-order valence-corrected chi connectivity index (χ0v) is 12.6. The van der Waals surface area contributed by atoms with Gasteiger partial charge in [0, 0.05) is 16.4 Å². The fourth-order valence-electron chi connectivity index (χ4n) is 1.69. The lowest BCUT2D eigenvalue weighted by Crippen LogP contribution is -2.22. The summed E-state index contributed by atoms with van der Waals surface area (Å²) in [5.41, 5.74) is 6.77. The van der Waals surface area contributed by atoms with Crippen molar-refractivity contribution in [2.24, 2.45) is 5.73 Å². The van der Waals surface area contributed by atoms with Crippen molar-refractivity contribution in [3.8, 4) is 0 Å². The first-order chi connectivity index (χ1) is 9.18. The van der Waals surface area contributed by atoms with Crippen LogP contribution in [0.15, 0.2) is 58.2 Å². The van der Waals surface area contributed by atoms with E-state index in [9.17, 15) is 0 Å². The zero-order valence-electron chi connectivity index (χ0n) is 10.2. The number of amidine groups is 1. The van der Waals surface area contributed by atoms with Crippen LogP contribution in [0.25, 0.3) is 0 Å². The van der Waals surface area contributed by atoms with Gasteiger partial charge in [0.25, 0.3) is 0 Å². The summed E-state index contributed by atoms with van der Waals surface area (Å²) in [5.74, 6) is 0.806. The first-order valence-electron chi connectivity index (χ1n) is 5.80. The number of pyridine rings is 1. The van der Waals surface area contributed by atoms with Crippen LogP contribution >= 0.6 is 27.7 Å². The monoisotopic (exact) mass is 335 g/mol. The minimum Gasteiger partial charge on any atom is -0.387 e. The summed E-state index contributed by atoms with van der Waals surface area (Å²) in [7, 11) is 0. The van der Waals surface area contributed by atoms with Gasteiger partial charge in [0.2, 0.25) is 0 Å². The van der Waals surface area contributed by atoms with Crippen molar-refractivity contribution in [2.75, 3.05) is 5.75 Å². The van der Waals surface area contributed by atoms with Crippen LogP contribution in [0, 0.1) is 5.41 Å². The van der Waals surface area contributed by atoms with E-state index in [0.29, 0.717) is 5.75 Å². The Morgan fingerprint density at radius 1 is 1.26 bits per heavy atom. The standard InChI is InChI=1S/C14H14BrN3S/c15-12-7-4-8-18-14(12)19-9-11(13(16)17)10-5-2-1-3-6-10/h1-8,11H,9H2,(H3,16,17). The molecule has 0 fully saturated rings. The highest BCUT2D eigenvalue weighted by Gasteiger charge is 2.16. The quantitative estimate of drug-likeness (QED) is 0.498. The molecule has 0 saturated carbocycles. The molecular formula is C14H14BrN3S. The summed E-state index contributed by atoms with van der Waals surface area (Å²) in [6.07, 6.45) is 1.76. The Balaban J connectivity index is 2.11. The van der Waals surface area contributed by atoms with Crippen LogP contribution in [-0.2, 0) is 0 Å². The Bertz CT molecular complexity index is 560. The second-order valence-corrected chi connectivity index (χ2v) is 5.88. The van der Waals surface area contributed by atoms with Gasteiger partial charge in [-0.25, -0.2) is 4.98 Å². The summed E-state index contributed by atoms with van der Waals surface area (Å²) >= 11 is 5.07. The summed E-state index contributed by atoms with van der Waals surface area (Å²) in [5, 5.41) is 8.66. The van der Waals surface area contributed by atoms with Gasteiger partial charge in [0.05, 0.1) is 11.8 Å². The molecule has 0 bridgehead atoms. The zero-order chi connectivity index (χ0) is 13.7. The van der Waals surface area contributed by atoms with E-state index in [1.807, 2.05) is 42.5 Å². The number of hydrogen-bond acceptors (Lipinski definition) is 3. The van der Waals surface area contributed by atoms with Crippen LogP contribution in [0.4, 0.5) is 0 Å². The van der Waals surface area contributed by atoms with Crippen molar-refractivity contribution >= 4 is 33.5 Å². The fraction of sp³-hybridized carbons (Fsp3) is 0.143. The summed E-state index contributed by atoms with van der Waals surface area (Å²) < 4.78 is 0.968. The average Bonchev–Trinajstić information content (AvgIpc) is 2.42. The number of nitrogens with zero attached hydrogens (tertiary/aromatic N) is 1. The van der Waals surface area contributed by atoms with Crippen molar-refractivity contribution in [3.63, 3.8) is 0 Å². The number of thioether (sulfide) groups is 1. The third-order valence-electron chi connectivity index (χ3n) is 2.69. The number of benzene rings is 1. The summed E-state index contributed by atoms with van der Waals surface area (Å²) in [6, 6.07) is 13.7. The highest BCUT2D eigenvalue weighted by Crippen LogP contribution is 2.29. The molecule has 0 aliphatic rings. The molecule has 1 aromatic carbocycles. The Kier molecular flexibility index (Phi) is 4.99. The largest absolute Gasteiger partial charge is 0.387 e. The lowest BCUT2D eigenvalue weighted by atomic mass is 10.0. The Morgan fingerprint density at radius 2 is 2.00 bits per heavy atom. The molecule has 2 rings (SSSR count). The molecule has 1 aromatic heterocycles. The van der Waals surface area contributed by atoms with Crippen LogP contribution in [-0.4, -0.2) is 16.6 Å². The van der Waals surface area contributed by atoms with E-state index in [2.05, 4.69) is 20.9 Å². The molecule has 3 nitrogen and oxygen atoms in total. The molecule has 0 saturated heterocycles. The van der Waals surface area contributed by atoms with Gasteiger partial charge in [-0.05, 0) is 33.6 Å². The SMILES string of the molecule is N=C(N)C(CSc1ncccc1Br)c1ccccc1. The number of hydrogen-bond donors (Lipinski definition) is 2. The van der Waals surface area contributed by atoms with Crippen molar-refractivity contribution in [3.05, 3.63) is 58.7 Å². The van der Waals surface area contributed by atoms with Gasteiger partial charge in [0.1, 0.15) is 5.03 Å². The van der Waals surface area contributed by atoms with Crippen LogP contribution in [0.3, 0.4) is 0 Å². The van der Waals surface area contributed by atoms with Crippen molar-refractivity contribution < 1.29 is 0 Å². The fourth-order valence-corrected chi connectivity index (χ4v) is 3.33. The molecule has 19 heavy (non-hydrogen) atoms. The molecular weight excluding hydrogens is 322 g/mol. The van der Waals surface area contributed by atoms with Gasteiger partial charge in [-0.3, -0.25) is 5.41 Å². The number of halogens is 1. The van der Waals surface area contributed by atoms with Crippen molar-refractivity contribution in [2.45, 2.75) is 10.9 Å². The first-order valence-corrected chi connectivity index (χ1v) is 7.58. The maximum Gasteiger partial charge on any atom is 0.110 e. The Hall–Kier alpha value is -1.33. The van der Waals surface area contributed by atoms with Crippen LogP contribution in [0.5, 0.6) is 0 Å². The highest BCUT2D eigenvalue weighted by molar-refractivity contribution is 9.10. The van der Waals surface area contributed by atoms with E-state index in [1.165, 1.54) is 0 Å². The molecule has 0 aliphatic heterocycles. The van der Waals surface area contributed by atoms with E-state index in [0.717, 1.165) is 15.1 Å². The molecule has 1 atom stereocenters. The van der Waals surface area contributed by atoms with E-state index >= 15 is 0 Å². The molecule has 1 heterocycles. The molecule has 1 unspecified atom stereocenters. The van der Waals surface area contributed by atoms with Crippen molar-refractivity contribution in [1.82, 2.24) is 4.98 Å². The molecule has 0 amide bonds.